The van der Waals surface area contributed by atoms with Gasteiger partial charge in [0, 0.05) is 15.6 Å². The Hall–Kier alpha value is -3.23. The third kappa shape index (κ3) is 7.40. The van der Waals surface area contributed by atoms with Gasteiger partial charge in [0.25, 0.3) is 0 Å². The van der Waals surface area contributed by atoms with Gasteiger partial charge in [-0.1, -0.05) is 71.7 Å². The molecule has 0 saturated carbocycles. The summed E-state index contributed by atoms with van der Waals surface area (Å²) in [6.45, 7) is 0. The lowest BCUT2D eigenvalue weighted by atomic mass is 10.1. The standard InChI is InChI=1S/C28H23Cl2N3O2S2/c1-35-25-13-6-5-12-24(25)33-28(36)31-20-10-7-11-21(17-20)37-26(18-8-3-2-4-9-18)27(34)32-23-15-14-19(29)16-22(23)30/h2-17,26H,1H3,(H,32,34)(H2,31,33,36). The molecule has 1 unspecified atom stereocenters. The topological polar surface area (TPSA) is 62.4 Å². The van der Waals surface area contributed by atoms with Crippen molar-refractivity contribution in [1.82, 2.24) is 0 Å². The fraction of sp³-hybridized carbons (Fsp3) is 0.0714. The van der Waals surface area contributed by atoms with E-state index in [1.54, 1.807) is 25.3 Å². The van der Waals surface area contributed by atoms with E-state index in [2.05, 4.69) is 16.0 Å². The summed E-state index contributed by atoms with van der Waals surface area (Å²) >= 11 is 19.2. The van der Waals surface area contributed by atoms with E-state index in [-0.39, 0.29) is 5.91 Å². The van der Waals surface area contributed by atoms with Crippen LogP contribution < -0.4 is 20.7 Å². The van der Waals surface area contributed by atoms with Crippen LogP contribution >= 0.6 is 47.2 Å². The van der Waals surface area contributed by atoms with Crippen LogP contribution in [0.1, 0.15) is 10.8 Å². The Bertz CT molecular complexity index is 1400. The van der Waals surface area contributed by atoms with Crippen molar-refractivity contribution in [2.45, 2.75) is 10.1 Å². The summed E-state index contributed by atoms with van der Waals surface area (Å²) in [5, 5.41) is 10.0. The number of para-hydroxylation sites is 2. The molecule has 5 nitrogen and oxygen atoms in total. The summed E-state index contributed by atoms with van der Waals surface area (Å²) in [6, 6.07) is 29.8. The largest absolute Gasteiger partial charge is 0.495 e. The minimum absolute atomic E-state index is 0.202. The van der Waals surface area contributed by atoms with E-state index >= 15 is 0 Å². The van der Waals surface area contributed by atoms with Gasteiger partial charge >= 0.3 is 0 Å². The molecule has 4 aromatic rings. The predicted octanol–water partition coefficient (Wildman–Crippen LogP) is 8.28. The van der Waals surface area contributed by atoms with Gasteiger partial charge in [0.1, 0.15) is 11.0 Å². The average Bonchev–Trinajstić information content (AvgIpc) is 2.90. The Balaban J connectivity index is 1.51. The Morgan fingerprint density at radius 3 is 2.35 bits per heavy atom. The van der Waals surface area contributed by atoms with Gasteiger partial charge in [-0.25, -0.2) is 0 Å². The van der Waals surface area contributed by atoms with Crippen LogP contribution in [0, 0.1) is 0 Å². The number of carbonyl (C=O) groups is 1. The molecule has 0 spiro atoms. The highest BCUT2D eigenvalue weighted by Crippen LogP contribution is 2.38. The van der Waals surface area contributed by atoms with Crippen LogP contribution in [0.2, 0.25) is 10.0 Å². The van der Waals surface area contributed by atoms with Crippen LogP contribution in [0.25, 0.3) is 0 Å². The first-order chi connectivity index (χ1) is 17.9. The molecular weight excluding hydrogens is 545 g/mol. The van der Waals surface area contributed by atoms with E-state index in [0.29, 0.717) is 26.6 Å². The van der Waals surface area contributed by atoms with Crippen molar-refractivity contribution < 1.29 is 9.53 Å². The Kier molecular flexibility index (Phi) is 9.30. The third-order valence-electron chi connectivity index (χ3n) is 5.23. The summed E-state index contributed by atoms with van der Waals surface area (Å²) in [5.41, 5.74) is 2.91. The maximum absolute atomic E-state index is 13.4. The van der Waals surface area contributed by atoms with Crippen LogP contribution in [-0.4, -0.2) is 18.1 Å². The summed E-state index contributed by atoms with van der Waals surface area (Å²) < 4.78 is 5.37. The fourth-order valence-corrected chi connectivity index (χ4v) is 5.27. The molecular formula is C28H23Cl2N3O2S2. The maximum atomic E-state index is 13.4. The number of thiocarbonyl (C=S) groups is 1. The molecule has 0 aromatic heterocycles. The lowest BCUT2D eigenvalue weighted by Gasteiger charge is -2.18. The molecule has 37 heavy (non-hydrogen) atoms. The Labute approximate surface area is 235 Å². The van der Waals surface area contributed by atoms with Gasteiger partial charge in [-0.3, -0.25) is 4.79 Å². The van der Waals surface area contributed by atoms with Crippen molar-refractivity contribution in [2.75, 3.05) is 23.1 Å². The molecule has 0 aliphatic carbocycles. The van der Waals surface area contributed by atoms with Crippen LogP contribution in [0.5, 0.6) is 5.75 Å². The number of hydrogen-bond acceptors (Lipinski definition) is 4. The number of amides is 1. The van der Waals surface area contributed by atoms with E-state index < -0.39 is 5.25 Å². The first kappa shape index (κ1) is 26.8. The maximum Gasteiger partial charge on any atom is 0.242 e. The van der Waals surface area contributed by atoms with Gasteiger partial charge in [-0.15, -0.1) is 11.8 Å². The minimum Gasteiger partial charge on any atom is -0.495 e. The summed E-state index contributed by atoms with van der Waals surface area (Å²) in [5.74, 6) is 0.487. The smallest absolute Gasteiger partial charge is 0.242 e. The number of benzene rings is 4. The van der Waals surface area contributed by atoms with E-state index in [4.69, 9.17) is 40.2 Å². The number of carbonyl (C=O) groups excluding carboxylic acids is 1. The quantitative estimate of drug-likeness (QED) is 0.147. The lowest BCUT2D eigenvalue weighted by Crippen LogP contribution is -2.20. The van der Waals surface area contributed by atoms with E-state index in [1.807, 2.05) is 78.9 Å². The molecule has 0 radical (unpaired) electrons. The van der Waals surface area contributed by atoms with Crippen molar-refractivity contribution in [3.8, 4) is 5.75 Å². The molecule has 0 aliphatic rings. The summed E-state index contributed by atoms with van der Waals surface area (Å²) in [4.78, 5) is 14.3. The van der Waals surface area contributed by atoms with Gasteiger partial charge in [0.15, 0.2) is 5.11 Å². The number of rotatable bonds is 8. The lowest BCUT2D eigenvalue weighted by molar-refractivity contribution is -0.115. The van der Waals surface area contributed by atoms with Gasteiger partial charge in [-0.2, -0.15) is 0 Å². The average molecular weight is 569 g/mol. The zero-order valence-corrected chi connectivity index (χ0v) is 22.8. The van der Waals surface area contributed by atoms with Gasteiger partial charge in [-0.05, 0) is 66.3 Å². The van der Waals surface area contributed by atoms with Crippen molar-refractivity contribution in [3.63, 3.8) is 0 Å². The summed E-state index contributed by atoms with van der Waals surface area (Å²) in [7, 11) is 1.61. The predicted molar refractivity (Wildman–Crippen MR) is 159 cm³/mol. The van der Waals surface area contributed by atoms with Gasteiger partial charge < -0.3 is 20.7 Å². The number of nitrogens with one attached hydrogen (secondary N) is 3. The van der Waals surface area contributed by atoms with E-state index in [1.165, 1.54) is 11.8 Å². The van der Waals surface area contributed by atoms with Crippen LogP contribution in [0.4, 0.5) is 17.1 Å². The van der Waals surface area contributed by atoms with Crippen molar-refractivity contribution in [3.05, 3.63) is 113 Å². The first-order valence-corrected chi connectivity index (χ1v) is 13.3. The molecule has 0 heterocycles. The van der Waals surface area contributed by atoms with E-state index in [0.717, 1.165) is 21.8 Å². The fourth-order valence-electron chi connectivity index (χ4n) is 3.51. The molecule has 9 heteroatoms. The normalized spacial score (nSPS) is 11.3. The van der Waals surface area contributed by atoms with Crippen molar-refractivity contribution >= 4 is 75.3 Å². The van der Waals surface area contributed by atoms with Crippen LogP contribution in [0.3, 0.4) is 0 Å². The van der Waals surface area contributed by atoms with Gasteiger partial charge in [0.05, 0.1) is 23.5 Å². The van der Waals surface area contributed by atoms with Crippen LogP contribution in [-0.2, 0) is 4.79 Å². The van der Waals surface area contributed by atoms with Crippen LogP contribution in [0.15, 0.2) is 102 Å². The Morgan fingerprint density at radius 1 is 0.838 bits per heavy atom. The molecule has 188 valence electrons. The molecule has 0 saturated heterocycles. The summed E-state index contributed by atoms with van der Waals surface area (Å²) in [6.07, 6.45) is 0. The zero-order chi connectivity index (χ0) is 26.2. The number of methoxy groups -OCH3 is 1. The second-order valence-electron chi connectivity index (χ2n) is 7.83. The van der Waals surface area contributed by atoms with Crippen molar-refractivity contribution in [1.29, 1.82) is 0 Å². The molecule has 1 amide bonds. The zero-order valence-electron chi connectivity index (χ0n) is 19.7. The third-order valence-corrected chi connectivity index (χ3v) is 7.23. The molecule has 3 N–H and O–H groups in total. The molecule has 0 aliphatic heterocycles. The number of ether oxygens (including phenoxy) is 1. The number of halogens is 2. The number of hydrogen-bond donors (Lipinski definition) is 3. The SMILES string of the molecule is COc1ccccc1NC(=S)Nc1cccc(SC(C(=O)Nc2ccc(Cl)cc2Cl)c2ccccc2)c1. The minimum atomic E-state index is -0.526. The Morgan fingerprint density at radius 2 is 1.59 bits per heavy atom. The first-order valence-electron chi connectivity index (χ1n) is 11.2. The monoisotopic (exact) mass is 567 g/mol. The van der Waals surface area contributed by atoms with Crippen molar-refractivity contribution in [2.24, 2.45) is 0 Å². The highest BCUT2D eigenvalue weighted by molar-refractivity contribution is 8.00. The van der Waals surface area contributed by atoms with Gasteiger partial charge in [0.2, 0.25) is 5.91 Å². The number of thioether (sulfide) groups is 1. The molecule has 4 rings (SSSR count). The highest BCUT2D eigenvalue weighted by atomic mass is 35.5. The molecule has 0 bridgehead atoms. The molecule has 0 fully saturated rings. The molecule has 4 aromatic carbocycles. The highest BCUT2D eigenvalue weighted by Gasteiger charge is 2.23. The number of anilines is 3. The molecule has 1 atom stereocenters. The second kappa shape index (κ2) is 12.8. The van der Waals surface area contributed by atoms with E-state index in [9.17, 15) is 4.79 Å². The second-order valence-corrected chi connectivity index (χ2v) is 10.3.